The van der Waals surface area contributed by atoms with Crippen LogP contribution in [0.4, 0.5) is 5.69 Å². The number of ether oxygens (including phenoxy) is 1. The standard InChI is InChI=1S/C30H27BCl2N2O8/c1-34-27(39)29(32)14-20-18(21(30(29,33)28(34)40)10-6-15-7-11-22(36)23(12-15)43-2)8-9-19-24(20)26(38)35(25(19)37)17-5-3-4-16(13-17)31(41)42/h3-8,10-13,19-21,24,36,41-42H,9,14H2,1-2H3/t19-,20+,21-,24-,29+,30-/m0/s1. The summed E-state index contributed by atoms with van der Waals surface area (Å²) < 4.78 is 5.20. The van der Waals surface area contributed by atoms with Crippen molar-refractivity contribution in [1.29, 1.82) is 0 Å². The van der Waals surface area contributed by atoms with Crippen LogP contribution in [0.15, 0.2) is 60.2 Å². The van der Waals surface area contributed by atoms with Gasteiger partial charge in [-0.25, -0.2) is 0 Å². The summed E-state index contributed by atoms with van der Waals surface area (Å²) in [7, 11) is 0.939. The van der Waals surface area contributed by atoms with E-state index in [9.17, 15) is 34.3 Å². The van der Waals surface area contributed by atoms with Gasteiger partial charge in [-0.2, -0.15) is 0 Å². The molecule has 2 aromatic carbocycles. The van der Waals surface area contributed by atoms with E-state index in [0.717, 1.165) is 9.80 Å². The molecule has 0 spiro atoms. The number of carbonyl (C=O) groups excluding carboxylic acids is 4. The molecule has 0 unspecified atom stereocenters. The SMILES string of the molecule is COc1cc(C=C[C@H]2C3=CC[C@@H]4C(=O)N(c5cccc(B(O)O)c5)C(=O)[C@@H]4[C@@H]3C[C@@]3(Cl)C(=O)N(C)C(=O)[C@@]23Cl)ccc1O. The highest BCUT2D eigenvalue weighted by atomic mass is 35.5. The predicted octanol–water partition coefficient (Wildman–Crippen LogP) is 1.82. The smallest absolute Gasteiger partial charge is 0.488 e. The maximum Gasteiger partial charge on any atom is 0.488 e. The van der Waals surface area contributed by atoms with Gasteiger partial charge in [0.1, 0.15) is 0 Å². The molecule has 13 heteroatoms. The average molecular weight is 625 g/mol. The van der Waals surface area contributed by atoms with Crippen molar-refractivity contribution in [3.05, 3.63) is 65.8 Å². The van der Waals surface area contributed by atoms with Crippen LogP contribution in [-0.4, -0.2) is 74.7 Å². The number of amides is 4. The summed E-state index contributed by atoms with van der Waals surface area (Å²) in [5, 5.41) is 29.3. The number of phenolic OH excluding ortho intramolecular Hbond substituents is 1. The number of carbonyl (C=O) groups is 4. The Labute approximate surface area is 257 Å². The molecule has 3 fully saturated rings. The average Bonchev–Trinajstić information content (AvgIpc) is 3.32. The summed E-state index contributed by atoms with van der Waals surface area (Å²) in [6.45, 7) is 0. The molecule has 6 atom stereocenters. The van der Waals surface area contributed by atoms with Gasteiger partial charge in [0.2, 0.25) is 11.8 Å². The highest BCUT2D eigenvalue weighted by Gasteiger charge is 2.75. The third-order valence-electron chi connectivity index (χ3n) is 9.18. The molecule has 10 nitrogen and oxygen atoms in total. The largest absolute Gasteiger partial charge is 0.504 e. The quantitative estimate of drug-likeness (QED) is 0.198. The molecular formula is C30H27BCl2N2O8. The van der Waals surface area contributed by atoms with E-state index in [1.165, 1.54) is 44.5 Å². The highest BCUT2D eigenvalue weighted by Crippen LogP contribution is 2.63. The lowest BCUT2D eigenvalue weighted by Crippen LogP contribution is -2.60. The van der Waals surface area contributed by atoms with Crippen molar-refractivity contribution in [1.82, 2.24) is 4.90 Å². The second-order valence-corrected chi connectivity index (χ2v) is 12.6. The van der Waals surface area contributed by atoms with Crippen LogP contribution >= 0.6 is 23.2 Å². The van der Waals surface area contributed by atoms with Gasteiger partial charge in [0.25, 0.3) is 11.8 Å². The van der Waals surface area contributed by atoms with E-state index < -0.39 is 64.2 Å². The van der Waals surface area contributed by atoms with Crippen LogP contribution in [0.3, 0.4) is 0 Å². The van der Waals surface area contributed by atoms with Crippen LogP contribution in [0.25, 0.3) is 6.08 Å². The Bertz CT molecular complexity index is 1650. The van der Waals surface area contributed by atoms with Gasteiger partial charge in [-0.3, -0.25) is 29.0 Å². The highest BCUT2D eigenvalue weighted by molar-refractivity contribution is 6.58. The molecule has 3 N–H and O–H groups in total. The third-order valence-corrected chi connectivity index (χ3v) is 10.6. The fourth-order valence-corrected chi connectivity index (χ4v) is 8.05. The van der Waals surface area contributed by atoms with E-state index in [0.29, 0.717) is 11.1 Å². The van der Waals surface area contributed by atoms with E-state index >= 15 is 0 Å². The minimum absolute atomic E-state index is 0.0572. The molecule has 2 saturated heterocycles. The molecule has 0 radical (unpaired) electrons. The Balaban J connectivity index is 1.44. The summed E-state index contributed by atoms with van der Waals surface area (Å²) in [6, 6.07) is 10.6. The first-order chi connectivity index (χ1) is 20.3. The number of methoxy groups -OCH3 is 1. The number of rotatable bonds is 5. The van der Waals surface area contributed by atoms with Gasteiger partial charge in [0, 0.05) is 13.0 Å². The number of likely N-dealkylation sites (tertiary alicyclic amines) is 1. The second kappa shape index (κ2) is 10.2. The number of phenols is 1. The molecule has 2 heterocycles. The molecular weight excluding hydrogens is 598 g/mol. The molecule has 1 saturated carbocycles. The lowest BCUT2D eigenvalue weighted by Gasteiger charge is -2.49. The maximum absolute atomic E-state index is 14.0. The molecule has 0 aromatic heterocycles. The Morgan fingerprint density at radius 2 is 1.77 bits per heavy atom. The normalized spacial score (nSPS) is 31.7. The van der Waals surface area contributed by atoms with Crippen molar-refractivity contribution in [2.24, 2.45) is 23.7 Å². The van der Waals surface area contributed by atoms with Crippen LogP contribution < -0.4 is 15.1 Å². The number of benzene rings is 2. The van der Waals surface area contributed by atoms with Crippen LogP contribution in [0.1, 0.15) is 18.4 Å². The number of hydrogen-bond acceptors (Lipinski definition) is 8. The van der Waals surface area contributed by atoms with Gasteiger partial charge in [0.05, 0.1) is 24.6 Å². The first-order valence-corrected chi connectivity index (χ1v) is 14.4. The zero-order valence-corrected chi connectivity index (χ0v) is 24.6. The summed E-state index contributed by atoms with van der Waals surface area (Å²) in [5.41, 5.74) is 1.56. The van der Waals surface area contributed by atoms with Gasteiger partial charge in [0.15, 0.2) is 21.2 Å². The number of allylic oxidation sites excluding steroid dienone is 3. The number of alkyl halides is 2. The molecule has 4 aliphatic rings. The monoisotopic (exact) mass is 624 g/mol. The molecule has 2 aromatic rings. The van der Waals surface area contributed by atoms with Gasteiger partial charge < -0.3 is 19.9 Å². The van der Waals surface area contributed by atoms with Crippen LogP contribution in [0.5, 0.6) is 11.5 Å². The summed E-state index contributed by atoms with van der Waals surface area (Å²) in [5.74, 6) is -5.37. The zero-order valence-electron chi connectivity index (χ0n) is 23.1. The van der Waals surface area contributed by atoms with Crippen molar-refractivity contribution >= 4 is 71.2 Å². The summed E-state index contributed by atoms with van der Waals surface area (Å²) in [4.78, 5) is 52.9. The Kier molecular flexibility index (Phi) is 7.00. The number of hydrogen-bond donors (Lipinski definition) is 3. The fourth-order valence-electron chi connectivity index (χ4n) is 7.08. The number of aromatic hydroxyl groups is 1. The molecule has 0 bridgehead atoms. The van der Waals surface area contributed by atoms with E-state index in [1.807, 2.05) is 6.08 Å². The molecule has 222 valence electrons. The minimum Gasteiger partial charge on any atom is -0.504 e. The van der Waals surface area contributed by atoms with Crippen LogP contribution in [-0.2, 0) is 19.2 Å². The summed E-state index contributed by atoms with van der Waals surface area (Å²) in [6.07, 6.45) is 5.22. The van der Waals surface area contributed by atoms with Crippen LogP contribution in [0.2, 0.25) is 0 Å². The Hall–Kier alpha value is -3.64. The van der Waals surface area contributed by atoms with Gasteiger partial charge >= 0.3 is 7.12 Å². The fraction of sp³-hybridized carbons (Fsp3) is 0.333. The Morgan fingerprint density at radius 3 is 2.47 bits per heavy atom. The van der Waals surface area contributed by atoms with E-state index in [4.69, 9.17) is 27.9 Å². The zero-order chi connectivity index (χ0) is 31.0. The maximum atomic E-state index is 14.0. The number of anilines is 1. The third kappa shape index (κ3) is 4.09. The van der Waals surface area contributed by atoms with Gasteiger partial charge in [-0.1, -0.05) is 42.0 Å². The van der Waals surface area contributed by atoms with Crippen molar-refractivity contribution in [2.45, 2.75) is 22.6 Å². The van der Waals surface area contributed by atoms with Crippen molar-refractivity contribution in [3.8, 4) is 11.5 Å². The number of imide groups is 2. The van der Waals surface area contributed by atoms with E-state index in [1.54, 1.807) is 24.3 Å². The molecule has 43 heavy (non-hydrogen) atoms. The minimum atomic E-state index is -1.90. The number of halogens is 2. The van der Waals surface area contributed by atoms with Gasteiger partial charge in [-0.05, 0) is 54.1 Å². The molecule has 4 amide bonds. The Morgan fingerprint density at radius 1 is 1.02 bits per heavy atom. The molecule has 2 aliphatic heterocycles. The number of fused-ring (bicyclic) bond motifs is 4. The predicted molar refractivity (Wildman–Crippen MR) is 159 cm³/mol. The van der Waals surface area contributed by atoms with Gasteiger partial charge in [-0.15, -0.1) is 23.2 Å². The number of nitrogens with zero attached hydrogens (tertiary/aromatic N) is 2. The van der Waals surface area contributed by atoms with Crippen molar-refractivity contribution in [3.63, 3.8) is 0 Å². The lowest BCUT2D eigenvalue weighted by atomic mass is 9.57. The summed E-state index contributed by atoms with van der Waals surface area (Å²) >= 11 is 14.2. The lowest BCUT2D eigenvalue weighted by molar-refractivity contribution is -0.138. The second-order valence-electron chi connectivity index (χ2n) is 11.3. The molecule has 6 rings (SSSR count). The topological polar surface area (TPSA) is 145 Å². The van der Waals surface area contributed by atoms with Crippen molar-refractivity contribution < 1.29 is 39.1 Å². The van der Waals surface area contributed by atoms with Crippen LogP contribution in [0, 0.1) is 23.7 Å². The van der Waals surface area contributed by atoms with Crippen molar-refractivity contribution in [2.75, 3.05) is 19.1 Å². The van der Waals surface area contributed by atoms with E-state index in [2.05, 4.69) is 0 Å². The first-order valence-electron chi connectivity index (χ1n) is 13.6. The van der Waals surface area contributed by atoms with E-state index in [-0.39, 0.29) is 35.5 Å². The molecule has 2 aliphatic carbocycles. The first kappa shape index (κ1) is 29.4.